The zero-order chi connectivity index (χ0) is 18.2. The van der Waals surface area contributed by atoms with E-state index in [1.54, 1.807) is 0 Å². The average Bonchev–Trinajstić information content (AvgIpc) is 3.04. The van der Waals surface area contributed by atoms with Crippen molar-refractivity contribution < 1.29 is 14.3 Å². The topological polar surface area (TPSA) is 50.4 Å². The van der Waals surface area contributed by atoms with Crippen molar-refractivity contribution in [3.8, 4) is 0 Å². The maximum Gasteiger partial charge on any atom is 0.303 e. The summed E-state index contributed by atoms with van der Waals surface area (Å²) in [4.78, 5) is 10.4. The highest BCUT2D eigenvalue weighted by atomic mass is 16.4. The molecule has 0 bridgehead atoms. The molecule has 0 aliphatic heterocycles. The zero-order valence-corrected chi connectivity index (χ0v) is 16.2. The number of unbranched alkanes of at least 4 members (excludes halogenated alkanes) is 11. The van der Waals surface area contributed by atoms with Gasteiger partial charge in [-0.1, -0.05) is 71.1 Å². The summed E-state index contributed by atoms with van der Waals surface area (Å²) in [7, 11) is 0. The Morgan fingerprint density at radius 1 is 0.760 bits per heavy atom. The van der Waals surface area contributed by atoms with Crippen LogP contribution in [0.25, 0.3) is 0 Å². The van der Waals surface area contributed by atoms with E-state index in [-0.39, 0.29) is 0 Å². The third kappa shape index (κ3) is 12.7. The normalized spacial score (nSPS) is 11.1. The molecule has 1 aromatic heterocycles. The predicted molar refractivity (Wildman–Crippen MR) is 104 cm³/mol. The summed E-state index contributed by atoms with van der Waals surface area (Å²) < 4.78 is 5.93. The first-order chi connectivity index (χ1) is 12.2. The van der Waals surface area contributed by atoms with Gasteiger partial charge in [-0.3, -0.25) is 4.79 Å². The average molecular weight is 351 g/mol. The van der Waals surface area contributed by atoms with E-state index < -0.39 is 5.97 Å². The van der Waals surface area contributed by atoms with Crippen molar-refractivity contribution in [2.24, 2.45) is 0 Å². The third-order valence-corrected chi connectivity index (χ3v) is 4.81. The molecule has 0 radical (unpaired) electrons. The van der Waals surface area contributed by atoms with Crippen molar-refractivity contribution in [3.63, 3.8) is 0 Å². The Morgan fingerprint density at radius 3 is 1.68 bits per heavy atom. The molecule has 1 aromatic rings. The van der Waals surface area contributed by atoms with E-state index in [1.165, 1.54) is 64.2 Å². The predicted octanol–water partition coefficient (Wildman–Crippen LogP) is 6.93. The molecule has 0 atom stereocenters. The quantitative estimate of drug-likeness (QED) is 0.310. The highest BCUT2D eigenvalue weighted by Crippen LogP contribution is 2.16. The van der Waals surface area contributed by atoms with Crippen molar-refractivity contribution in [2.75, 3.05) is 0 Å². The fourth-order valence-corrected chi connectivity index (χ4v) is 3.23. The number of carboxylic acid groups (broad SMARTS) is 1. The highest BCUT2D eigenvalue weighted by Gasteiger charge is 2.03. The van der Waals surface area contributed by atoms with Gasteiger partial charge in [0, 0.05) is 19.3 Å². The van der Waals surface area contributed by atoms with Crippen LogP contribution >= 0.6 is 0 Å². The number of carboxylic acids is 1. The number of hydrogen-bond acceptors (Lipinski definition) is 2. The highest BCUT2D eigenvalue weighted by molar-refractivity contribution is 5.66. The molecular weight excluding hydrogens is 312 g/mol. The minimum Gasteiger partial charge on any atom is -0.481 e. The van der Waals surface area contributed by atoms with Crippen molar-refractivity contribution in [3.05, 3.63) is 23.7 Å². The van der Waals surface area contributed by atoms with Gasteiger partial charge >= 0.3 is 5.97 Å². The Labute approximate surface area is 154 Å². The molecule has 0 aromatic carbocycles. The molecule has 1 rings (SSSR count). The number of aryl methyl sites for hydroxylation is 2. The molecule has 0 spiro atoms. The number of carbonyl (C=O) groups is 1. The van der Waals surface area contributed by atoms with Crippen LogP contribution in [0.15, 0.2) is 16.5 Å². The number of furan rings is 1. The molecular formula is C22H38O3. The van der Waals surface area contributed by atoms with Crippen molar-refractivity contribution in [1.82, 2.24) is 0 Å². The number of aliphatic carboxylic acids is 1. The van der Waals surface area contributed by atoms with Crippen molar-refractivity contribution in [1.29, 1.82) is 0 Å². The number of hydrogen-bond donors (Lipinski definition) is 1. The van der Waals surface area contributed by atoms with Crippen LogP contribution in [0.2, 0.25) is 0 Å². The van der Waals surface area contributed by atoms with Crippen LogP contribution < -0.4 is 0 Å². The zero-order valence-electron chi connectivity index (χ0n) is 16.2. The van der Waals surface area contributed by atoms with Crippen LogP contribution in [0.5, 0.6) is 0 Å². The lowest BCUT2D eigenvalue weighted by atomic mass is 10.1. The van der Waals surface area contributed by atoms with Gasteiger partial charge in [0.2, 0.25) is 0 Å². The van der Waals surface area contributed by atoms with E-state index in [0.717, 1.165) is 43.6 Å². The Hall–Kier alpha value is -1.25. The second-order valence-corrected chi connectivity index (χ2v) is 7.25. The van der Waals surface area contributed by atoms with Gasteiger partial charge in [-0.05, 0) is 31.4 Å². The van der Waals surface area contributed by atoms with Gasteiger partial charge in [-0.25, -0.2) is 0 Å². The summed E-state index contributed by atoms with van der Waals surface area (Å²) in [6.07, 6.45) is 18.4. The van der Waals surface area contributed by atoms with Crippen LogP contribution in [0.4, 0.5) is 0 Å². The Kier molecular flexibility index (Phi) is 13.1. The van der Waals surface area contributed by atoms with Crippen molar-refractivity contribution in [2.45, 2.75) is 110 Å². The summed E-state index contributed by atoms with van der Waals surface area (Å²) in [5.74, 6) is 1.60. The maximum absolute atomic E-state index is 10.4. The summed E-state index contributed by atoms with van der Waals surface area (Å²) in [5.41, 5.74) is 0. The third-order valence-electron chi connectivity index (χ3n) is 4.81. The summed E-state index contributed by atoms with van der Waals surface area (Å²) in [6.45, 7) is 2.26. The van der Waals surface area contributed by atoms with Crippen LogP contribution in [0, 0.1) is 0 Å². The van der Waals surface area contributed by atoms with Gasteiger partial charge in [0.25, 0.3) is 0 Å². The van der Waals surface area contributed by atoms with Crippen molar-refractivity contribution >= 4 is 5.97 Å². The second kappa shape index (κ2) is 15.0. The van der Waals surface area contributed by atoms with Crippen LogP contribution in [0.1, 0.15) is 108 Å². The summed E-state index contributed by atoms with van der Waals surface area (Å²) in [6, 6.07) is 4.29. The van der Waals surface area contributed by atoms with E-state index in [9.17, 15) is 4.79 Å². The van der Waals surface area contributed by atoms with E-state index in [2.05, 4.69) is 19.1 Å². The molecule has 0 amide bonds. The van der Waals surface area contributed by atoms with E-state index >= 15 is 0 Å². The van der Waals surface area contributed by atoms with Crippen LogP contribution in [-0.4, -0.2) is 11.1 Å². The second-order valence-electron chi connectivity index (χ2n) is 7.25. The summed E-state index contributed by atoms with van der Waals surface area (Å²) in [5, 5.41) is 8.58. The molecule has 3 heteroatoms. The standard InChI is InChI=1S/C22H38O3/c1-2-3-4-5-6-9-12-15-20-18-19-21(25-20)16-13-10-7-8-11-14-17-22(23)24/h18-19H,2-17H2,1H3,(H,23,24). The van der Waals surface area contributed by atoms with Gasteiger partial charge in [0.15, 0.2) is 0 Å². The van der Waals surface area contributed by atoms with Gasteiger partial charge in [-0.2, -0.15) is 0 Å². The Bertz CT molecular complexity index is 436. The van der Waals surface area contributed by atoms with E-state index in [1.807, 2.05) is 0 Å². The monoisotopic (exact) mass is 350 g/mol. The van der Waals surface area contributed by atoms with Gasteiger partial charge in [0.1, 0.15) is 11.5 Å². The lowest BCUT2D eigenvalue weighted by Crippen LogP contribution is -1.93. The lowest BCUT2D eigenvalue weighted by molar-refractivity contribution is -0.137. The number of rotatable bonds is 17. The van der Waals surface area contributed by atoms with Gasteiger partial charge < -0.3 is 9.52 Å². The molecule has 0 aliphatic rings. The minimum absolute atomic E-state index is 0.313. The smallest absolute Gasteiger partial charge is 0.303 e. The Morgan fingerprint density at radius 2 is 1.20 bits per heavy atom. The van der Waals surface area contributed by atoms with E-state index in [0.29, 0.717) is 6.42 Å². The molecule has 144 valence electrons. The fourth-order valence-electron chi connectivity index (χ4n) is 3.23. The first-order valence-electron chi connectivity index (χ1n) is 10.5. The first kappa shape index (κ1) is 21.8. The Balaban J connectivity index is 1.95. The molecule has 0 unspecified atom stereocenters. The SMILES string of the molecule is CCCCCCCCCc1ccc(CCCCCCCCC(=O)O)o1. The van der Waals surface area contributed by atoms with Crippen LogP contribution in [0.3, 0.4) is 0 Å². The van der Waals surface area contributed by atoms with Crippen LogP contribution in [-0.2, 0) is 17.6 Å². The summed E-state index contributed by atoms with van der Waals surface area (Å²) >= 11 is 0. The minimum atomic E-state index is -0.676. The molecule has 25 heavy (non-hydrogen) atoms. The molecule has 1 heterocycles. The first-order valence-corrected chi connectivity index (χ1v) is 10.5. The van der Waals surface area contributed by atoms with E-state index in [4.69, 9.17) is 9.52 Å². The maximum atomic E-state index is 10.4. The molecule has 3 nitrogen and oxygen atoms in total. The molecule has 1 N–H and O–H groups in total. The molecule has 0 aliphatic carbocycles. The van der Waals surface area contributed by atoms with Gasteiger partial charge in [0.05, 0.1) is 0 Å². The fraction of sp³-hybridized carbons (Fsp3) is 0.773. The molecule has 0 saturated heterocycles. The largest absolute Gasteiger partial charge is 0.481 e. The molecule has 0 saturated carbocycles. The molecule has 0 fully saturated rings. The van der Waals surface area contributed by atoms with Gasteiger partial charge in [-0.15, -0.1) is 0 Å². The lowest BCUT2D eigenvalue weighted by Gasteiger charge is -2.01.